The van der Waals surface area contributed by atoms with Crippen LogP contribution < -0.4 is 4.80 Å². The van der Waals surface area contributed by atoms with Crippen LogP contribution in [0.2, 0.25) is 10.0 Å². The Morgan fingerprint density at radius 1 is 1.11 bits per heavy atom. The van der Waals surface area contributed by atoms with Crippen LogP contribution in [0.1, 0.15) is 38.1 Å². The van der Waals surface area contributed by atoms with Gasteiger partial charge in [0.2, 0.25) is 10.0 Å². The maximum Gasteiger partial charge on any atom is 0.279 e. The molecule has 0 aliphatic rings. The first-order chi connectivity index (χ1) is 16.4. The number of amides is 1. The van der Waals surface area contributed by atoms with E-state index in [2.05, 4.69) is 10.9 Å². The zero-order valence-electron chi connectivity index (χ0n) is 20.0. The lowest BCUT2D eigenvalue weighted by molar-refractivity contribution is 0.0998. The van der Waals surface area contributed by atoms with Crippen molar-refractivity contribution >= 4 is 60.7 Å². The van der Waals surface area contributed by atoms with E-state index in [1.165, 1.54) is 39.9 Å². The van der Waals surface area contributed by atoms with E-state index in [4.69, 9.17) is 29.6 Å². The van der Waals surface area contributed by atoms with Crippen molar-refractivity contribution < 1.29 is 13.2 Å². The number of hydrogen-bond donors (Lipinski definition) is 0. The third-order valence-corrected chi connectivity index (χ3v) is 8.40. The Hall–Kier alpha value is -2.15. The summed E-state index contributed by atoms with van der Waals surface area (Å²) < 4.78 is 30.4. The molecule has 0 aliphatic carbocycles. The largest absolute Gasteiger partial charge is 0.303 e. The molecule has 10 heteroatoms. The molecule has 35 heavy (non-hydrogen) atoms. The van der Waals surface area contributed by atoms with Crippen molar-refractivity contribution in [2.45, 2.75) is 39.1 Å². The van der Waals surface area contributed by atoms with Crippen molar-refractivity contribution in [3.05, 3.63) is 56.8 Å². The standard InChI is InChI=1S/C25H27Cl2N3O3S2/c1-6-11-30-23-21(27)12-19(26)13-22(23)34-25(30)28-24(31)18-7-9-20(10-8-18)35(32,33)29(14-16(2)3)15-17(4)5/h1,7-10,12-13,16-17H,11,14-15H2,2-5H3. The molecule has 1 heterocycles. The SMILES string of the molecule is C#CCn1c(=NC(=O)c2ccc(S(=O)(=O)N(CC(C)C)CC(C)C)cc2)sc2cc(Cl)cc(Cl)c21. The molecule has 0 spiro atoms. The van der Waals surface area contributed by atoms with E-state index in [1.807, 2.05) is 27.7 Å². The van der Waals surface area contributed by atoms with Crippen molar-refractivity contribution in [1.29, 1.82) is 0 Å². The van der Waals surface area contributed by atoms with Gasteiger partial charge in [0.15, 0.2) is 4.80 Å². The third-order valence-electron chi connectivity index (χ3n) is 5.02. The minimum absolute atomic E-state index is 0.140. The van der Waals surface area contributed by atoms with Crippen LogP contribution in [0.3, 0.4) is 0 Å². The zero-order valence-corrected chi connectivity index (χ0v) is 23.1. The van der Waals surface area contributed by atoms with Gasteiger partial charge in [-0.05, 0) is 48.2 Å². The molecule has 3 aromatic rings. The molecule has 0 saturated carbocycles. The molecule has 0 saturated heterocycles. The van der Waals surface area contributed by atoms with Crippen LogP contribution in [-0.4, -0.2) is 36.3 Å². The van der Waals surface area contributed by atoms with E-state index in [0.717, 1.165) is 4.70 Å². The van der Waals surface area contributed by atoms with Gasteiger partial charge < -0.3 is 4.57 Å². The highest BCUT2D eigenvalue weighted by Crippen LogP contribution is 2.29. The van der Waals surface area contributed by atoms with E-state index in [-0.39, 0.29) is 28.8 Å². The summed E-state index contributed by atoms with van der Waals surface area (Å²) in [5.41, 5.74) is 0.916. The fraction of sp³-hybridized carbons (Fsp3) is 0.360. The fourth-order valence-electron chi connectivity index (χ4n) is 3.61. The number of thiazole rings is 1. The maximum absolute atomic E-state index is 13.2. The summed E-state index contributed by atoms with van der Waals surface area (Å²) in [4.78, 5) is 17.7. The molecule has 0 bridgehead atoms. The average Bonchev–Trinajstić information content (AvgIpc) is 3.09. The van der Waals surface area contributed by atoms with Gasteiger partial charge in [-0.25, -0.2) is 8.42 Å². The van der Waals surface area contributed by atoms with E-state index >= 15 is 0 Å². The summed E-state index contributed by atoms with van der Waals surface area (Å²) in [6, 6.07) is 9.20. The number of aromatic nitrogens is 1. The minimum Gasteiger partial charge on any atom is -0.303 e. The van der Waals surface area contributed by atoms with E-state index in [9.17, 15) is 13.2 Å². The summed E-state index contributed by atoms with van der Waals surface area (Å²) >= 11 is 13.7. The summed E-state index contributed by atoms with van der Waals surface area (Å²) in [6.45, 7) is 8.93. The molecule has 0 aliphatic heterocycles. The second-order valence-electron chi connectivity index (χ2n) is 8.96. The normalized spacial score (nSPS) is 12.7. The highest BCUT2D eigenvalue weighted by molar-refractivity contribution is 7.89. The molecule has 3 rings (SSSR count). The molecular weight excluding hydrogens is 525 g/mol. The molecular formula is C25H27Cl2N3O3S2. The highest BCUT2D eigenvalue weighted by atomic mass is 35.5. The van der Waals surface area contributed by atoms with Crippen LogP contribution in [0.4, 0.5) is 0 Å². The first-order valence-corrected chi connectivity index (χ1v) is 14.1. The fourth-order valence-corrected chi connectivity index (χ4v) is 7.18. The van der Waals surface area contributed by atoms with Crippen LogP contribution in [-0.2, 0) is 16.6 Å². The Kier molecular flexibility index (Phi) is 8.84. The summed E-state index contributed by atoms with van der Waals surface area (Å²) in [5, 5.41) is 0.880. The monoisotopic (exact) mass is 551 g/mol. The van der Waals surface area contributed by atoms with Gasteiger partial charge in [0.05, 0.1) is 26.7 Å². The molecule has 1 aromatic heterocycles. The van der Waals surface area contributed by atoms with Gasteiger partial charge in [0.1, 0.15) is 0 Å². The van der Waals surface area contributed by atoms with Crippen molar-refractivity contribution in [2.75, 3.05) is 13.1 Å². The summed E-state index contributed by atoms with van der Waals surface area (Å²) in [6.07, 6.45) is 5.52. The van der Waals surface area contributed by atoms with E-state index in [1.54, 1.807) is 16.7 Å². The molecule has 1 amide bonds. The smallest absolute Gasteiger partial charge is 0.279 e. The lowest BCUT2D eigenvalue weighted by Crippen LogP contribution is -2.37. The molecule has 2 aromatic carbocycles. The highest BCUT2D eigenvalue weighted by Gasteiger charge is 2.26. The van der Waals surface area contributed by atoms with Gasteiger partial charge in [-0.1, -0.05) is 68.2 Å². The zero-order chi connectivity index (χ0) is 25.9. The van der Waals surface area contributed by atoms with Crippen molar-refractivity contribution in [1.82, 2.24) is 8.87 Å². The minimum atomic E-state index is -3.69. The number of carbonyl (C=O) groups excluding carboxylic acids is 1. The van der Waals surface area contributed by atoms with Crippen LogP contribution in [0, 0.1) is 24.2 Å². The van der Waals surface area contributed by atoms with Crippen LogP contribution >= 0.6 is 34.5 Å². The maximum atomic E-state index is 13.2. The Bertz CT molecular complexity index is 1440. The number of benzene rings is 2. The van der Waals surface area contributed by atoms with Gasteiger partial charge in [0, 0.05) is 23.7 Å². The van der Waals surface area contributed by atoms with Gasteiger partial charge in [0.25, 0.3) is 5.91 Å². The topological polar surface area (TPSA) is 71.7 Å². The number of nitrogens with zero attached hydrogens (tertiary/aromatic N) is 3. The van der Waals surface area contributed by atoms with Crippen molar-refractivity contribution in [3.8, 4) is 12.3 Å². The van der Waals surface area contributed by atoms with Crippen molar-refractivity contribution in [3.63, 3.8) is 0 Å². The van der Waals surface area contributed by atoms with Gasteiger partial charge in [-0.2, -0.15) is 9.30 Å². The van der Waals surface area contributed by atoms with Gasteiger partial charge >= 0.3 is 0 Å². The number of halogens is 2. The number of carbonyl (C=O) groups is 1. The number of fused-ring (bicyclic) bond motifs is 1. The van der Waals surface area contributed by atoms with Crippen molar-refractivity contribution in [2.24, 2.45) is 16.8 Å². The lowest BCUT2D eigenvalue weighted by atomic mass is 10.2. The van der Waals surface area contributed by atoms with Crippen LogP contribution in [0.15, 0.2) is 46.3 Å². The van der Waals surface area contributed by atoms with E-state index in [0.29, 0.717) is 33.5 Å². The summed E-state index contributed by atoms with van der Waals surface area (Å²) in [5.74, 6) is 2.40. The Labute approximate surface area is 220 Å². The number of terminal acetylenes is 1. The second kappa shape index (κ2) is 11.3. The molecule has 0 N–H and O–H groups in total. The van der Waals surface area contributed by atoms with Crippen LogP contribution in [0.5, 0.6) is 0 Å². The number of sulfonamides is 1. The van der Waals surface area contributed by atoms with Gasteiger partial charge in [-0.3, -0.25) is 4.79 Å². The third kappa shape index (κ3) is 6.35. The Morgan fingerprint density at radius 2 is 1.71 bits per heavy atom. The predicted octanol–water partition coefficient (Wildman–Crippen LogP) is 5.69. The average molecular weight is 553 g/mol. The molecule has 0 atom stereocenters. The number of hydrogen-bond acceptors (Lipinski definition) is 4. The molecule has 0 radical (unpaired) electrons. The van der Waals surface area contributed by atoms with E-state index < -0.39 is 15.9 Å². The molecule has 0 fully saturated rings. The predicted molar refractivity (Wildman–Crippen MR) is 143 cm³/mol. The second-order valence-corrected chi connectivity index (χ2v) is 12.8. The Balaban J connectivity index is 1.98. The molecule has 6 nitrogen and oxygen atoms in total. The van der Waals surface area contributed by atoms with Crippen LogP contribution in [0.25, 0.3) is 10.2 Å². The first-order valence-electron chi connectivity index (χ1n) is 11.0. The van der Waals surface area contributed by atoms with Gasteiger partial charge in [-0.15, -0.1) is 6.42 Å². The lowest BCUT2D eigenvalue weighted by Gasteiger charge is -2.25. The molecule has 186 valence electrons. The molecule has 0 unspecified atom stereocenters. The first kappa shape index (κ1) is 27.4. The Morgan fingerprint density at radius 3 is 2.26 bits per heavy atom. The quantitative estimate of drug-likeness (QED) is 0.338. The number of rotatable bonds is 8. The summed E-state index contributed by atoms with van der Waals surface area (Å²) in [7, 11) is -3.69.